The fourth-order valence-corrected chi connectivity index (χ4v) is 6.87. The van der Waals surface area contributed by atoms with Crippen LogP contribution in [0.15, 0.2) is 23.8 Å². The molecule has 4 rings (SSSR count). The Morgan fingerprint density at radius 1 is 1.30 bits per heavy atom. The number of hydrogen-bond acceptors (Lipinski definition) is 6. The van der Waals surface area contributed by atoms with Crippen molar-refractivity contribution in [2.75, 3.05) is 6.61 Å². The molecule has 4 aliphatic rings. The fraction of sp³-hybridized carbons (Fsp3) is 0.696. The van der Waals surface area contributed by atoms with E-state index in [9.17, 15) is 24.6 Å². The minimum Gasteiger partial charge on any atom is -0.458 e. The number of carbonyl (C=O) groups is 3. The number of esters is 1. The Morgan fingerprint density at radius 2 is 2.00 bits per heavy atom. The topological polar surface area (TPSA) is 101 Å². The number of rotatable bonds is 3. The molecule has 7 heteroatoms. The maximum atomic E-state index is 16.9. The molecule has 2 saturated carbocycles. The zero-order valence-electron chi connectivity index (χ0n) is 17.6. The number of carbonyl (C=O) groups excluding carboxylic acids is 3. The van der Waals surface area contributed by atoms with Gasteiger partial charge < -0.3 is 14.9 Å². The molecular formula is C23H29FO6. The molecule has 0 aliphatic heterocycles. The van der Waals surface area contributed by atoms with Crippen LogP contribution >= 0.6 is 0 Å². The van der Waals surface area contributed by atoms with Gasteiger partial charge in [0.05, 0.1) is 6.10 Å². The minimum atomic E-state index is -2.00. The Hall–Kier alpha value is -1.86. The van der Waals surface area contributed by atoms with Crippen molar-refractivity contribution < 1.29 is 33.7 Å². The molecule has 164 valence electrons. The van der Waals surface area contributed by atoms with Gasteiger partial charge in [-0.25, -0.2) is 4.39 Å². The molecule has 2 N–H and O–H groups in total. The van der Waals surface area contributed by atoms with Crippen LogP contribution in [0.3, 0.4) is 0 Å². The second-order valence-corrected chi connectivity index (χ2v) is 9.86. The van der Waals surface area contributed by atoms with E-state index < -0.39 is 52.5 Å². The highest BCUT2D eigenvalue weighted by molar-refractivity contribution is 5.93. The van der Waals surface area contributed by atoms with Crippen LogP contribution in [-0.4, -0.2) is 51.7 Å². The number of hydrogen-bond donors (Lipinski definition) is 2. The smallest absolute Gasteiger partial charge is 0.303 e. The predicted molar refractivity (Wildman–Crippen MR) is 105 cm³/mol. The Morgan fingerprint density at radius 3 is 2.67 bits per heavy atom. The molecule has 0 heterocycles. The minimum absolute atomic E-state index is 0.0813. The molecule has 7 atom stereocenters. The highest BCUT2D eigenvalue weighted by atomic mass is 19.1. The van der Waals surface area contributed by atoms with Crippen LogP contribution in [0.1, 0.15) is 52.9 Å². The molecule has 0 radical (unpaired) electrons. The van der Waals surface area contributed by atoms with Crippen LogP contribution in [0.25, 0.3) is 0 Å². The van der Waals surface area contributed by atoms with E-state index in [0.29, 0.717) is 18.4 Å². The molecule has 6 nitrogen and oxygen atoms in total. The average Bonchev–Trinajstić information content (AvgIpc) is 2.94. The standard InChI is InChI=1S/C23H29FO6/c1-13(25)30-12-19(28)22(29)9-7-16-17-5-4-14-10-15(26)6-8-20(14,2)23(17,24)18(27)11-21(16,22)3/h4,6,8,16-18,27,29H,5,7,9-12H2,1-3H3. The summed E-state index contributed by atoms with van der Waals surface area (Å²) in [7, 11) is 0. The van der Waals surface area contributed by atoms with Gasteiger partial charge in [-0.1, -0.05) is 24.6 Å². The Balaban J connectivity index is 1.73. The molecule has 4 aliphatic carbocycles. The summed E-state index contributed by atoms with van der Waals surface area (Å²) in [6.07, 6.45) is 4.43. The summed E-state index contributed by atoms with van der Waals surface area (Å²) < 4.78 is 21.7. The maximum absolute atomic E-state index is 16.9. The molecule has 0 aromatic rings. The van der Waals surface area contributed by atoms with Gasteiger partial charge in [-0.15, -0.1) is 0 Å². The van der Waals surface area contributed by atoms with Gasteiger partial charge in [0.15, 0.2) is 18.1 Å². The molecule has 7 unspecified atom stereocenters. The van der Waals surface area contributed by atoms with Crippen molar-refractivity contribution in [3.63, 3.8) is 0 Å². The molecule has 0 aromatic heterocycles. The van der Waals surface area contributed by atoms with Crippen molar-refractivity contribution in [1.29, 1.82) is 0 Å². The summed E-state index contributed by atoms with van der Waals surface area (Å²) in [5, 5.41) is 22.6. The molecule has 0 spiro atoms. The summed E-state index contributed by atoms with van der Waals surface area (Å²) in [6.45, 7) is 4.11. The number of aliphatic hydroxyl groups excluding tert-OH is 1. The number of halogens is 1. The summed E-state index contributed by atoms with van der Waals surface area (Å²) in [6, 6.07) is 0. The average molecular weight is 420 g/mol. The van der Waals surface area contributed by atoms with E-state index >= 15 is 4.39 Å². The molecule has 0 bridgehead atoms. The molecule has 0 aromatic carbocycles. The third kappa shape index (κ3) is 2.51. The first-order valence-corrected chi connectivity index (χ1v) is 10.6. The van der Waals surface area contributed by atoms with Gasteiger partial charge in [0.1, 0.15) is 5.60 Å². The number of fused-ring (bicyclic) bond motifs is 5. The monoisotopic (exact) mass is 420 g/mol. The van der Waals surface area contributed by atoms with Crippen molar-refractivity contribution in [3.8, 4) is 0 Å². The summed E-state index contributed by atoms with van der Waals surface area (Å²) in [5.41, 5.74) is -5.25. The van der Waals surface area contributed by atoms with Gasteiger partial charge >= 0.3 is 5.97 Å². The van der Waals surface area contributed by atoms with Crippen LogP contribution in [0, 0.1) is 22.7 Å². The lowest BCUT2D eigenvalue weighted by atomic mass is 9.45. The van der Waals surface area contributed by atoms with Crippen molar-refractivity contribution in [1.82, 2.24) is 0 Å². The van der Waals surface area contributed by atoms with Crippen LogP contribution in [-0.2, 0) is 19.1 Å². The zero-order valence-corrected chi connectivity index (χ0v) is 17.6. The SMILES string of the molecule is CC(=O)OCC(=O)C1(O)CCC2C3CC=C4CC(=O)C=CC4(C)C3(F)C(O)CC21C. The van der Waals surface area contributed by atoms with Crippen LogP contribution in [0.4, 0.5) is 4.39 Å². The Kier molecular flexibility index (Phi) is 4.68. The first kappa shape index (κ1) is 21.4. The maximum Gasteiger partial charge on any atom is 0.303 e. The van der Waals surface area contributed by atoms with Gasteiger partial charge in [-0.2, -0.15) is 0 Å². The van der Waals surface area contributed by atoms with Gasteiger partial charge in [0, 0.05) is 30.1 Å². The van der Waals surface area contributed by atoms with Crippen molar-refractivity contribution in [2.24, 2.45) is 22.7 Å². The number of alkyl halides is 1. The van der Waals surface area contributed by atoms with E-state index in [2.05, 4.69) is 0 Å². The Bertz CT molecular complexity index is 879. The van der Waals surface area contributed by atoms with E-state index in [4.69, 9.17) is 4.74 Å². The molecule has 0 saturated heterocycles. The molecule has 30 heavy (non-hydrogen) atoms. The second kappa shape index (κ2) is 6.57. The van der Waals surface area contributed by atoms with E-state index in [1.165, 1.54) is 13.0 Å². The van der Waals surface area contributed by atoms with Gasteiger partial charge in [-0.3, -0.25) is 14.4 Å². The molecule has 0 amide bonds. The lowest BCUT2D eigenvalue weighted by Crippen LogP contribution is -2.68. The zero-order chi connectivity index (χ0) is 22.1. The third-order valence-corrected chi connectivity index (χ3v) is 8.62. The van der Waals surface area contributed by atoms with E-state index in [-0.39, 0.29) is 31.0 Å². The normalized spacial score (nSPS) is 47.1. The summed E-state index contributed by atoms with van der Waals surface area (Å²) in [4.78, 5) is 35.9. The van der Waals surface area contributed by atoms with Gasteiger partial charge in [-0.05, 0) is 44.6 Å². The van der Waals surface area contributed by atoms with E-state index in [1.54, 1.807) is 19.9 Å². The highest BCUT2D eigenvalue weighted by Crippen LogP contribution is 2.69. The first-order valence-electron chi connectivity index (χ1n) is 10.6. The fourth-order valence-electron chi connectivity index (χ4n) is 6.87. The molecule has 2 fully saturated rings. The van der Waals surface area contributed by atoms with Gasteiger partial charge in [0.25, 0.3) is 0 Å². The van der Waals surface area contributed by atoms with Crippen molar-refractivity contribution in [3.05, 3.63) is 23.8 Å². The quantitative estimate of drug-likeness (QED) is 0.536. The van der Waals surface area contributed by atoms with Crippen LogP contribution in [0.2, 0.25) is 0 Å². The number of Topliss-reactive ketones (excluding diaryl/α,β-unsaturated/α-hetero) is 1. The van der Waals surface area contributed by atoms with Crippen LogP contribution < -0.4 is 0 Å². The van der Waals surface area contributed by atoms with Gasteiger partial charge in [0.2, 0.25) is 5.78 Å². The lowest BCUT2D eigenvalue weighted by molar-refractivity contribution is -0.213. The third-order valence-electron chi connectivity index (χ3n) is 8.62. The van der Waals surface area contributed by atoms with E-state index in [0.717, 1.165) is 0 Å². The van der Waals surface area contributed by atoms with Crippen molar-refractivity contribution in [2.45, 2.75) is 70.2 Å². The highest BCUT2D eigenvalue weighted by Gasteiger charge is 2.73. The number of aliphatic hydroxyl groups is 2. The number of ketones is 2. The Labute approximate surface area is 175 Å². The number of allylic oxidation sites excluding steroid dienone is 4. The van der Waals surface area contributed by atoms with Crippen molar-refractivity contribution >= 4 is 17.5 Å². The van der Waals surface area contributed by atoms with E-state index in [1.807, 2.05) is 6.08 Å². The largest absolute Gasteiger partial charge is 0.458 e. The number of ether oxygens (including phenoxy) is 1. The second-order valence-electron chi connectivity index (χ2n) is 9.86. The summed E-state index contributed by atoms with van der Waals surface area (Å²) in [5.74, 6) is -2.24. The lowest BCUT2D eigenvalue weighted by Gasteiger charge is -2.61. The summed E-state index contributed by atoms with van der Waals surface area (Å²) >= 11 is 0. The first-order chi connectivity index (χ1) is 13.9. The van der Waals surface area contributed by atoms with Crippen LogP contribution in [0.5, 0.6) is 0 Å². The predicted octanol–water partition coefficient (Wildman–Crippen LogP) is 2.22. The molecular weight excluding hydrogens is 391 g/mol.